The first kappa shape index (κ1) is 23.3. The number of amides is 2. The number of nitrogens with zero attached hydrogens (tertiary/aromatic N) is 2. The summed E-state index contributed by atoms with van der Waals surface area (Å²) in [4.78, 5) is 34.4. The Morgan fingerprint density at radius 3 is 2.58 bits per heavy atom. The van der Waals surface area contributed by atoms with E-state index in [1.54, 1.807) is 35.6 Å². The van der Waals surface area contributed by atoms with E-state index in [9.17, 15) is 14.7 Å². The molecule has 2 amide bonds. The molecule has 9 heteroatoms. The lowest BCUT2D eigenvalue weighted by Crippen LogP contribution is -2.65. The van der Waals surface area contributed by atoms with Crippen LogP contribution in [-0.2, 0) is 28.0 Å². The van der Waals surface area contributed by atoms with Crippen molar-refractivity contribution < 1.29 is 14.7 Å². The number of rotatable bonds is 8. The zero-order valence-corrected chi connectivity index (χ0v) is 19.3. The Labute approximate surface area is 201 Å². The molecule has 1 atom stereocenters. The van der Waals surface area contributed by atoms with Gasteiger partial charge in [0.25, 0.3) is 0 Å². The van der Waals surface area contributed by atoms with Gasteiger partial charge in [0, 0.05) is 24.7 Å². The summed E-state index contributed by atoms with van der Waals surface area (Å²) in [6.07, 6.45) is 4.17. The van der Waals surface area contributed by atoms with Crippen LogP contribution in [0.1, 0.15) is 23.2 Å². The molecule has 1 unspecified atom stereocenters. The number of aromatic amines is 1. The molecule has 1 aliphatic rings. The molecule has 0 saturated carbocycles. The van der Waals surface area contributed by atoms with Gasteiger partial charge in [-0.1, -0.05) is 59.6 Å². The van der Waals surface area contributed by atoms with Crippen molar-refractivity contribution in [3.8, 4) is 0 Å². The maximum atomic E-state index is 13.3. The first-order valence-corrected chi connectivity index (χ1v) is 11.4. The normalized spacial score (nSPS) is 15.5. The van der Waals surface area contributed by atoms with Crippen LogP contribution < -0.4 is 5.32 Å². The molecule has 1 aliphatic heterocycles. The summed E-state index contributed by atoms with van der Waals surface area (Å²) >= 11 is 12.2. The van der Waals surface area contributed by atoms with Crippen LogP contribution in [-0.4, -0.2) is 50.9 Å². The van der Waals surface area contributed by atoms with Crippen LogP contribution in [0.15, 0.2) is 61.1 Å². The van der Waals surface area contributed by atoms with Gasteiger partial charge < -0.3 is 20.3 Å². The Bertz CT molecular complexity index is 1120. The summed E-state index contributed by atoms with van der Waals surface area (Å²) in [6.45, 7) is 0.329. The van der Waals surface area contributed by atoms with Crippen LogP contribution in [0.3, 0.4) is 0 Å². The number of likely N-dealkylation sites (tertiary alicyclic amines) is 1. The molecule has 1 fully saturated rings. The van der Waals surface area contributed by atoms with Crippen molar-refractivity contribution in [3.05, 3.63) is 87.9 Å². The Morgan fingerprint density at radius 2 is 1.91 bits per heavy atom. The predicted octanol–water partition coefficient (Wildman–Crippen LogP) is 3.11. The highest BCUT2D eigenvalue weighted by atomic mass is 35.5. The van der Waals surface area contributed by atoms with Crippen molar-refractivity contribution in [2.45, 2.75) is 30.9 Å². The highest BCUT2D eigenvalue weighted by molar-refractivity contribution is 6.42. The van der Waals surface area contributed by atoms with Gasteiger partial charge in [-0.05, 0) is 29.7 Å². The number of halogens is 2. The summed E-state index contributed by atoms with van der Waals surface area (Å²) in [7, 11) is 0. The van der Waals surface area contributed by atoms with E-state index in [4.69, 9.17) is 23.2 Å². The second kappa shape index (κ2) is 9.95. The first-order chi connectivity index (χ1) is 15.8. The second-order valence-corrected chi connectivity index (χ2v) is 9.06. The van der Waals surface area contributed by atoms with E-state index in [2.05, 4.69) is 15.3 Å². The van der Waals surface area contributed by atoms with Crippen LogP contribution in [0.5, 0.6) is 0 Å². The Morgan fingerprint density at radius 1 is 1.15 bits per heavy atom. The summed E-state index contributed by atoms with van der Waals surface area (Å²) in [6, 6.07) is 13.6. The van der Waals surface area contributed by atoms with E-state index >= 15 is 0 Å². The lowest BCUT2D eigenvalue weighted by Gasteiger charge is -2.47. The largest absolute Gasteiger partial charge is 0.381 e. The van der Waals surface area contributed by atoms with Gasteiger partial charge in [-0.25, -0.2) is 4.98 Å². The molecule has 4 rings (SSSR count). The van der Waals surface area contributed by atoms with Crippen molar-refractivity contribution in [3.63, 3.8) is 0 Å². The van der Waals surface area contributed by atoms with Gasteiger partial charge in [0.1, 0.15) is 11.6 Å². The van der Waals surface area contributed by atoms with E-state index < -0.39 is 11.6 Å². The van der Waals surface area contributed by atoms with Gasteiger partial charge >= 0.3 is 0 Å². The fourth-order valence-corrected chi connectivity index (χ4v) is 4.25. The van der Waals surface area contributed by atoms with Crippen LogP contribution in [0.4, 0.5) is 0 Å². The number of β-amino-alcohol motifs (C(OH)–C–C–N with tert-alkyl or cyclic N) is 1. The minimum atomic E-state index is -1.09. The molecule has 0 radical (unpaired) electrons. The molecular formula is C24H24Cl2N4O3. The standard InChI is InChI=1S/C24H24Cl2N4O3/c25-19-8-6-16(10-20(19)26)11-21(29-22(31)9-7-18-12-27-15-28-18)23(32)30-13-24(33,14-30)17-4-2-1-3-5-17/h1-6,8,10,12,15,21,33H,7,9,11,13-14H2,(H,27,28)(H,29,31). The zero-order chi connectivity index (χ0) is 23.4. The molecule has 172 valence electrons. The Kier molecular flexibility index (Phi) is 7.02. The molecule has 3 aromatic rings. The fourth-order valence-electron chi connectivity index (χ4n) is 3.93. The third kappa shape index (κ3) is 5.55. The van der Waals surface area contributed by atoms with Gasteiger partial charge in [-0.2, -0.15) is 0 Å². The summed E-state index contributed by atoms with van der Waals surface area (Å²) < 4.78 is 0. The van der Waals surface area contributed by atoms with Crippen LogP contribution in [0, 0.1) is 0 Å². The van der Waals surface area contributed by atoms with Crippen molar-refractivity contribution in [2.24, 2.45) is 0 Å². The van der Waals surface area contributed by atoms with Crippen molar-refractivity contribution in [1.82, 2.24) is 20.2 Å². The van der Waals surface area contributed by atoms with Crippen LogP contribution >= 0.6 is 23.2 Å². The maximum Gasteiger partial charge on any atom is 0.245 e. The van der Waals surface area contributed by atoms with E-state index in [1.165, 1.54) is 0 Å². The third-order valence-corrected chi connectivity index (χ3v) is 6.50. The van der Waals surface area contributed by atoms with Gasteiger partial charge in [0.05, 0.1) is 29.5 Å². The number of aromatic nitrogens is 2. The maximum absolute atomic E-state index is 13.3. The predicted molar refractivity (Wildman–Crippen MR) is 126 cm³/mol. The number of aliphatic hydroxyl groups is 1. The zero-order valence-electron chi connectivity index (χ0n) is 17.8. The average molecular weight is 487 g/mol. The van der Waals surface area contributed by atoms with E-state index in [0.717, 1.165) is 16.8 Å². The van der Waals surface area contributed by atoms with Crippen LogP contribution in [0.25, 0.3) is 0 Å². The van der Waals surface area contributed by atoms with E-state index in [1.807, 2.05) is 30.3 Å². The van der Waals surface area contributed by atoms with Crippen LogP contribution in [0.2, 0.25) is 10.0 Å². The minimum Gasteiger partial charge on any atom is -0.381 e. The van der Waals surface area contributed by atoms with Crippen molar-refractivity contribution >= 4 is 35.0 Å². The number of hydrogen-bond acceptors (Lipinski definition) is 4. The van der Waals surface area contributed by atoms with Gasteiger partial charge in [-0.3, -0.25) is 9.59 Å². The summed E-state index contributed by atoms with van der Waals surface area (Å²) in [5, 5.41) is 14.5. The number of hydrogen-bond donors (Lipinski definition) is 3. The van der Waals surface area contributed by atoms with E-state index in [0.29, 0.717) is 16.5 Å². The van der Waals surface area contributed by atoms with E-state index in [-0.39, 0.29) is 37.7 Å². The lowest BCUT2D eigenvalue weighted by atomic mass is 9.85. The number of imidazole rings is 1. The molecule has 0 bridgehead atoms. The number of benzene rings is 2. The lowest BCUT2D eigenvalue weighted by molar-refractivity contribution is -0.160. The van der Waals surface area contributed by atoms with Gasteiger partial charge in [0.15, 0.2) is 0 Å². The number of carbonyl (C=O) groups is 2. The molecular weight excluding hydrogens is 463 g/mol. The highest BCUT2D eigenvalue weighted by Gasteiger charge is 2.46. The molecule has 0 aliphatic carbocycles. The number of carbonyl (C=O) groups excluding carboxylic acids is 2. The highest BCUT2D eigenvalue weighted by Crippen LogP contribution is 2.32. The fraction of sp³-hybridized carbons (Fsp3) is 0.292. The first-order valence-electron chi connectivity index (χ1n) is 10.6. The minimum absolute atomic E-state index is 0.164. The molecule has 7 nitrogen and oxygen atoms in total. The molecule has 0 spiro atoms. The third-order valence-electron chi connectivity index (χ3n) is 5.76. The molecule has 33 heavy (non-hydrogen) atoms. The smallest absolute Gasteiger partial charge is 0.245 e. The topological polar surface area (TPSA) is 98.3 Å². The van der Waals surface area contributed by atoms with Gasteiger partial charge in [0.2, 0.25) is 11.8 Å². The molecule has 3 N–H and O–H groups in total. The average Bonchev–Trinajstić information content (AvgIpc) is 3.31. The molecule has 1 saturated heterocycles. The Hall–Kier alpha value is -2.87. The summed E-state index contributed by atoms with van der Waals surface area (Å²) in [5.41, 5.74) is 1.29. The summed E-state index contributed by atoms with van der Waals surface area (Å²) in [5.74, 6) is -0.501. The monoisotopic (exact) mass is 486 g/mol. The van der Waals surface area contributed by atoms with Crippen molar-refractivity contribution in [2.75, 3.05) is 13.1 Å². The molecule has 2 heterocycles. The van der Waals surface area contributed by atoms with Crippen molar-refractivity contribution in [1.29, 1.82) is 0 Å². The number of aryl methyl sites for hydroxylation is 1. The second-order valence-electron chi connectivity index (χ2n) is 8.24. The Balaban J connectivity index is 1.45. The number of H-pyrrole nitrogens is 1. The van der Waals surface area contributed by atoms with Gasteiger partial charge in [-0.15, -0.1) is 0 Å². The quantitative estimate of drug-likeness (QED) is 0.455. The molecule has 2 aromatic carbocycles. The molecule has 1 aromatic heterocycles. The SMILES string of the molecule is O=C(CCc1cnc[nH]1)NC(Cc1ccc(Cl)c(Cl)c1)C(=O)N1CC(O)(c2ccccc2)C1. The number of nitrogens with one attached hydrogen (secondary N) is 2.